The summed E-state index contributed by atoms with van der Waals surface area (Å²) in [6, 6.07) is 16.8. The molecule has 1 heterocycles. The van der Waals surface area contributed by atoms with E-state index in [1.165, 1.54) is 0 Å². The quantitative estimate of drug-likeness (QED) is 0.717. The van der Waals surface area contributed by atoms with E-state index < -0.39 is 5.97 Å². The molecule has 0 radical (unpaired) electrons. The molecule has 0 atom stereocenters. The van der Waals surface area contributed by atoms with Gasteiger partial charge >= 0.3 is 0 Å². The van der Waals surface area contributed by atoms with Crippen LogP contribution >= 0.6 is 11.3 Å². The van der Waals surface area contributed by atoms with Gasteiger partial charge in [0.05, 0.1) is 23.7 Å². The second kappa shape index (κ2) is 7.10. The van der Waals surface area contributed by atoms with Gasteiger partial charge in [0.15, 0.2) is 0 Å². The number of nitrogens with zero attached hydrogens (tertiary/aromatic N) is 1. The molecule has 3 aromatic rings. The van der Waals surface area contributed by atoms with Crippen molar-refractivity contribution in [1.29, 1.82) is 0 Å². The minimum Gasteiger partial charge on any atom is -0.544 e. The molecule has 0 spiro atoms. The third-order valence-corrected chi connectivity index (χ3v) is 4.39. The molecule has 2 aromatic carbocycles. The maximum atomic E-state index is 11.4. The molecule has 5 heteroatoms. The Labute approximate surface area is 143 Å². The first-order chi connectivity index (χ1) is 11.7. The lowest BCUT2D eigenvalue weighted by atomic mass is 10.1. The maximum Gasteiger partial charge on any atom is 0.119 e. The first-order valence-corrected chi connectivity index (χ1v) is 8.09. The fourth-order valence-corrected chi connectivity index (χ4v) is 3.08. The molecule has 0 unspecified atom stereocenters. The Morgan fingerprint density at radius 1 is 1.12 bits per heavy atom. The fraction of sp³-hybridized carbons (Fsp3) is 0.0526. The zero-order valence-electron chi connectivity index (χ0n) is 12.9. The van der Waals surface area contributed by atoms with Gasteiger partial charge < -0.3 is 14.6 Å². The Balaban J connectivity index is 1.94. The summed E-state index contributed by atoms with van der Waals surface area (Å²) in [5, 5.41) is 12.0. The van der Waals surface area contributed by atoms with Crippen LogP contribution in [-0.2, 0) is 0 Å². The first-order valence-electron chi connectivity index (χ1n) is 7.27. The molecule has 0 N–H and O–H groups in total. The highest BCUT2D eigenvalue weighted by atomic mass is 32.1. The fourth-order valence-electron chi connectivity index (χ4n) is 2.25. The summed E-state index contributed by atoms with van der Waals surface area (Å²) in [4.78, 5) is 16.0. The number of aromatic nitrogens is 1. The van der Waals surface area contributed by atoms with Gasteiger partial charge in [-0.05, 0) is 23.8 Å². The van der Waals surface area contributed by atoms with E-state index in [0.717, 1.165) is 28.2 Å². The number of methoxy groups -OCH3 is 1. The number of aromatic carboxylic acids is 1. The normalized spacial score (nSPS) is 10.9. The summed E-state index contributed by atoms with van der Waals surface area (Å²) in [5.41, 5.74) is 2.14. The summed E-state index contributed by atoms with van der Waals surface area (Å²) in [6.07, 6.45) is 3.66. The molecule has 3 rings (SSSR count). The topological polar surface area (TPSA) is 62.2 Å². The van der Waals surface area contributed by atoms with Gasteiger partial charge in [0.2, 0.25) is 0 Å². The van der Waals surface area contributed by atoms with Crippen LogP contribution in [0.3, 0.4) is 0 Å². The Hall–Kier alpha value is -2.92. The zero-order valence-corrected chi connectivity index (χ0v) is 13.7. The van der Waals surface area contributed by atoms with E-state index in [4.69, 9.17) is 4.74 Å². The standard InChI is InChI=1S/C19H15NO3S/c1-23-15-9-5-6-13(12-15)10-11-16-20-17(18(24-16)19(21)22)14-7-3-2-4-8-14/h2-12H,1H3,(H,21,22)/p-1/b11-10+. The molecule has 0 amide bonds. The predicted octanol–water partition coefficient (Wildman–Crippen LogP) is 3.35. The number of carbonyl (C=O) groups excluding carboxylic acids is 1. The van der Waals surface area contributed by atoms with Gasteiger partial charge in [-0.3, -0.25) is 0 Å². The maximum absolute atomic E-state index is 11.4. The molecule has 0 fully saturated rings. The van der Waals surface area contributed by atoms with Crippen molar-refractivity contribution in [1.82, 2.24) is 4.98 Å². The van der Waals surface area contributed by atoms with Crippen molar-refractivity contribution >= 4 is 29.5 Å². The van der Waals surface area contributed by atoms with Crippen LogP contribution in [0, 0.1) is 0 Å². The summed E-state index contributed by atoms with van der Waals surface area (Å²) in [7, 11) is 1.61. The van der Waals surface area contributed by atoms with Crippen LogP contribution in [0.25, 0.3) is 23.4 Å². The first kappa shape index (κ1) is 16.0. The highest BCUT2D eigenvalue weighted by molar-refractivity contribution is 7.14. The molecule has 0 saturated heterocycles. The molecule has 0 aliphatic rings. The van der Waals surface area contributed by atoms with E-state index in [1.807, 2.05) is 60.7 Å². The minimum absolute atomic E-state index is 0.131. The smallest absolute Gasteiger partial charge is 0.119 e. The molecule has 120 valence electrons. The van der Waals surface area contributed by atoms with Crippen LogP contribution < -0.4 is 9.84 Å². The van der Waals surface area contributed by atoms with Crippen LogP contribution in [0.5, 0.6) is 5.75 Å². The number of carboxylic acids is 1. The van der Waals surface area contributed by atoms with Gasteiger partial charge in [0.25, 0.3) is 0 Å². The van der Waals surface area contributed by atoms with Crippen molar-refractivity contribution in [3.05, 3.63) is 70.0 Å². The monoisotopic (exact) mass is 336 g/mol. The number of thiazole rings is 1. The van der Waals surface area contributed by atoms with Gasteiger partial charge in [-0.2, -0.15) is 0 Å². The van der Waals surface area contributed by atoms with E-state index >= 15 is 0 Å². The average Bonchev–Trinajstić information content (AvgIpc) is 3.05. The molecule has 0 saturated carbocycles. The Morgan fingerprint density at radius 3 is 2.62 bits per heavy atom. The molecule has 0 aliphatic carbocycles. The van der Waals surface area contributed by atoms with Gasteiger partial charge in [-0.1, -0.05) is 48.5 Å². The second-order valence-corrected chi connectivity index (χ2v) is 6.02. The lowest BCUT2D eigenvalue weighted by Gasteiger charge is -2.01. The molecule has 0 bridgehead atoms. The van der Waals surface area contributed by atoms with Gasteiger partial charge in [-0.25, -0.2) is 4.98 Å². The van der Waals surface area contributed by atoms with E-state index in [2.05, 4.69) is 4.98 Å². The van der Waals surface area contributed by atoms with Crippen LogP contribution in [-0.4, -0.2) is 18.1 Å². The van der Waals surface area contributed by atoms with E-state index in [9.17, 15) is 9.90 Å². The third-order valence-electron chi connectivity index (χ3n) is 3.39. The third kappa shape index (κ3) is 3.52. The number of ether oxygens (including phenoxy) is 1. The van der Waals surface area contributed by atoms with Crippen molar-refractivity contribution in [2.45, 2.75) is 0 Å². The largest absolute Gasteiger partial charge is 0.544 e. The summed E-state index contributed by atoms with van der Waals surface area (Å²) in [6.45, 7) is 0. The van der Waals surface area contributed by atoms with Crippen LogP contribution in [0.4, 0.5) is 0 Å². The number of rotatable bonds is 5. The highest BCUT2D eigenvalue weighted by Gasteiger charge is 2.12. The van der Waals surface area contributed by atoms with Crippen LogP contribution in [0.1, 0.15) is 20.2 Å². The zero-order chi connectivity index (χ0) is 16.9. The summed E-state index contributed by atoms with van der Waals surface area (Å²) in [5.74, 6) is -0.455. The molecule has 24 heavy (non-hydrogen) atoms. The van der Waals surface area contributed by atoms with Crippen molar-refractivity contribution in [3.63, 3.8) is 0 Å². The van der Waals surface area contributed by atoms with E-state index in [1.54, 1.807) is 13.2 Å². The molecular weight excluding hydrogens is 322 g/mol. The van der Waals surface area contributed by atoms with Crippen molar-refractivity contribution in [2.24, 2.45) is 0 Å². The van der Waals surface area contributed by atoms with Gasteiger partial charge in [0.1, 0.15) is 10.8 Å². The molecule has 4 nitrogen and oxygen atoms in total. The van der Waals surface area contributed by atoms with E-state index in [0.29, 0.717) is 10.7 Å². The predicted molar refractivity (Wildman–Crippen MR) is 93.8 cm³/mol. The molecule has 1 aromatic heterocycles. The summed E-state index contributed by atoms with van der Waals surface area (Å²) < 4.78 is 5.19. The van der Waals surface area contributed by atoms with E-state index in [-0.39, 0.29) is 4.88 Å². The second-order valence-electron chi connectivity index (χ2n) is 4.99. The SMILES string of the molecule is COc1cccc(/C=C/c2nc(-c3ccccc3)c(C(=O)[O-])s2)c1. The van der Waals surface area contributed by atoms with Crippen LogP contribution in [0.2, 0.25) is 0 Å². The number of carboxylic acid groups (broad SMARTS) is 1. The van der Waals surface area contributed by atoms with Crippen molar-refractivity contribution in [2.75, 3.05) is 7.11 Å². The summed E-state index contributed by atoms with van der Waals surface area (Å²) >= 11 is 1.10. The number of benzene rings is 2. The minimum atomic E-state index is -1.22. The average molecular weight is 336 g/mol. The Bertz CT molecular complexity index is 885. The highest BCUT2D eigenvalue weighted by Crippen LogP contribution is 2.29. The Morgan fingerprint density at radius 2 is 1.92 bits per heavy atom. The molecule has 0 aliphatic heterocycles. The van der Waals surface area contributed by atoms with Gasteiger partial charge in [-0.15, -0.1) is 11.3 Å². The lowest BCUT2D eigenvalue weighted by molar-refractivity contribution is -0.254. The van der Waals surface area contributed by atoms with Crippen molar-refractivity contribution < 1.29 is 14.6 Å². The number of carbonyl (C=O) groups is 1. The number of hydrogen-bond donors (Lipinski definition) is 0. The van der Waals surface area contributed by atoms with Gasteiger partial charge in [0, 0.05) is 5.56 Å². The van der Waals surface area contributed by atoms with Crippen LogP contribution in [0.15, 0.2) is 54.6 Å². The number of hydrogen-bond acceptors (Lipinski definition) is 5. The molecular formula is C19H14NO3S-. The van der Waals surface area contributed by atoms with Crippen molar-refractivity contribution in [3.8, 4) is 17.0 Å². The Kier molecular flexibility index (Phi) is 4.72. The lowest BCUT2D eigenvalue weighted by Crippen LogP contribution is -2.21.